The zero-order chi connectivity index (χ0) is 13.6. The number of esters is 1. The van der Waals surface area contributed by atoms with Crippen molar-refractivity contribution >= 4 is 5.97 Å². The van der Waals surface area contributed by atoms with Crippen LogP contribution in [0.4, 0.5) is 0 Å². The first-order valence-corrected chi connectivity index (χ1v) is 7.06. The molecule has 0 aromatic heterocycles. The lowest BCUT2D eigenvalue weighted by Gasteiger charge is -2.25. The van der Waals surface area contributed by atoms with E-state index in [1.165, 1.54) is 12.5 Å². The molecule has 0 aromatic rings. The molecule has 2 heterocycles. The lowest BCUT2D eigenvalue weighted by atomic mass is 9.90. The van der Waals surface area contributed by atoms with Gasteiger partial charge in [-0.25, -0.2) is 0 Å². The summed E-state index contributed by atoms with van der Waals surface area (Å²) in [5.74, 6) is 0.523. The molecule has 1 fully saturated rings. The summed E-state index contributed by atoms with van der Waals surface area (Å²) in [5, 5.41) is 0. The number of carbonyl (C=O) groups is 1. The molecule has 1 aliphatic carbocycles. The van der Waals surface area contributed by atoms with Crippen LogP contribution in [-0.4, -0.2) is 17.7 Å². The minimum atomic E-state index is -0.312. The van der Waals surface area contributed by atoms with Gasteiger partial charge in [0.2, 0.25) is 0 Å². The van der Waals surface area contributed by atoms with Gasteiger partial charge >= 0.3 is 5.97 Å². The van der Waals surface area contributed by atoms with Gasteiger partial charge < -0.3 is 9.47 Å². The third-order valence-corrected chi connectivity index (χ3v) is 4.43. The maximum Gasteiger partial charge on any atom is 0.308 e. The maximum atomic E-state index is 11.4. The molecule has 0 amide bonds. The molecule has 0 N–H and O–H groups in total. The monoisotopic (exact) mass is 260 g/mol. The minimum Gasteiger partial charge on any atom is -0.426 e. The minimum absolute atomic E-state index is 0.0474. The van der Waals surface area contributed by atoms with E-state index in [1.54, 1.807) is 0 Å². The first-order chi connectivity index (χ1) is 9.07. The van der Waals surface area contributed by atoms with Gasteiger partial charge in [0.05, 0.1) is 6.10 Å². The Hall–Kier alpha value is -1.35. The molecule has 3 aliphatic rings. The van der Waals surface area contributed by atoms with Crippen LogP contribution in [0.15, 0.2) is 34.6 Å². The van der Waals surface area contributed by atoms with E-state index < -0.39 is 0 Å². The van der Waals surface area contributed by atoms with Crippen molar-refractivity contribution < 1.29 is 14.3 Å². The SMILES string of the molecule is CCC1=C(C)C(OC(C)=O)=C2CCCC23C=CC1O3. The van der Waals surface area contributed by atoms with Crippen LogP contribution < -0.4 is 0 Å². The average Bonchev–Trinajstić information content (AvgIpc) is 2.93. The number of allylic oxidation sites excluding steroid dienone is 1. The van der Waals surface area contributed by atoms with Crippen LogP contribution >= 0.6 is 0 Å². The summed E-state index contributed by atoms with van der Waals surface area (Å²) in [7, 11) is 0. The first kappa shape index (κ1) is 12.7. The summed E-state index contributed by atoms with van der Waals surface area (Å²) in [5.41, 5.74) is 3.16. The maximum absolute atomic E-state index is 11.4. The topological polar surface area (TPSA) is 35.5 Å². The molecular formula is C16H20O3. The Labute approximate surface area is 114 Å². The van der Waals surface area contributed by atoms with Crippen LogP contribution in [0, 0.1) is 0 Å². The van der Waals surface area contributed by atoms with Crippen LogP contribution in [-0.2, 0) is 14.3 Å². The van der Waals surface area contributed by atoms with E-state index >= 15 is 0 Å². The molecule has 3 heteroatoms. The molecule has 1 saturated carbocycles. The fourth-order valence-corrected chi connectivity index (χ4v) is 3.58. The molecule has 2 unspecified atom stereocenters. The van der Waals surface area contributed by atoms with Crippen LogP contribution in [0.1, 0.15) is 46.5 Å². The molecule has 102 valence electrons. The Morgan fingerprint density at radius 1 is 1.58 bits per heavy atom. The molecular weight excluding hydrogens is 240 g/mol. The van der Waals surface area contributed by atoms with Crippen LogP contribution in [0.5, 0.6) is 0 Å². The highest BCUT2D eigenvalue weighted by Gasteiger charge is 2.47. The Balaban J connectivity index is 2.18. The Morgan fingerprint density at radius 2 is 2.37 bits per heavy atom. The molecule has 3 rings (SSSR count). The van der Waals surface area contributed by atoms with Crippen molar-refractivity contribution in [3.63, 3.8) is 0 Å². The molecule has 2 atom stereocenters. The first-order valence-electron chi connectivity index (χ1n) is 7.06. The summed E-state index contributed by atoms with van der Waals surface area (Å²) < 4.78 is 11.8. The lowest BCUT2D eigenvalue weighted by molar-refractivity contribution is -0.136. The van der Waals surface area contributed by atoms with Gasteiger partial charge in [0.25, 0.3) is 0 Å². The van der Waals surface area contributed by atoms with E-state index in [-0.39, 0.29) is 17.7 Å². The zero-order valence-corrected chi connectivity index (χ0v) is 11.8. The van der Waals surface area contributed by atoms with Crippen molar-refractivity contribution in [2.24, 2.45) is 0 Å². The van der Waals surface area contributed by atoms with Crippen molar-refractivity contribution in [2.75, 3.05) is 0 Å². The number of hydrogen-bond acceptors (Lipinski definition) is 3. The summed E-state index contributed by atoms with van der Waals surface area (Å²) in [6.45, 7) is 5.64. The van der Waals surface area contributed by atoms with E-state index in [0.717, 1.165) is 42.6 Å². The standard InChI is InChI=1S/C16H20O3/c1-4-12-10(2)15(18-11(3)17)13-6-5-8-16(13)9-7-14(12)19-16/h7,9,14H,4-6,8H2,1-3H3. The average molecular weight is 260 g/mol. The molecule has 0 aromatic carbocycles. The van der Waals surface area contributed by atoms with E-state index in [1.807, 2.05) is 6.92 Å². The van der Waals surface area contributed by atoms with Crippen molar-refractivity contribution in [1.29, 1.82) is 0 Å². The predicted octanol–water partition coefficient (Wildman–Crippen LogP) is 3.42. The fourth-order valence-electron chi connectivity index (χ4n) is 3.58. The van der Waals surface area contributed by atoms with E-state index in [2.05, 4.69) is 19.1 Å². The molecule has 1 spiro atoms. The molecule has 0 saturated heterocycles. The number of rotatable bonds is 2. The molecule has 0 radical (unpaired) electrons. The van der Waals surface area contributed by atoms with Gasteiger partial charge in [0, 0.05) is 12.5 Å². The number of hydrogen-bond donors (Lipinski definition) is 0. The quantitative estimate of drug-likeness (QED) is 0.563. The van der Waals surface area contributed by atoms with Gasteiger partial charge in [-0.05, 0) is 49.8 Å². The summed E-state index contributed by atoms with van der Waals surface area (Å²) >= 11 is 0. The third kappa shape index (κ3) is 1.79. The second-order valence-corrected chi connectivity index (χ2v) is 5.55. The largest absolute Gasteiger partial charge is 0.426 e. The Bertz CT molecular complexity index is 524. The molecule has 2 bridgehead atoms. The van der Waals surface area contributed by atoms with Crippen LogP contribution in [0.2, 0.25) is 0 Å². The van der Waals surface area contributed by atoms with E-state index in [0.29, 0.717) is 0 Å². The Kier molecular flexibility index (Phi) is 2.90. The zero-order valence-electron chi connectivity index (χ0n) is 11.8. The highest BCUT2D eigenvalue weighted by atomic mass is 16.5. The summed E-state index contributed by atoms with van der Waals surface area (Å²) in [6.07, 6.45) is 8.33. The molecule has 2 aliphatic heterocycles. The smallest absolute Gasteiger partial charge is 0.308 e. The highest BCUT2D eigenvalue weighted by Crippen LogP contribution is 2.50. The molecule has 3 nitrogen and oxygen atoms in total. The van der Waals surface area contributed by atoms with Gasteiger partial charge in [-0.2, -0.15) is 0 Å². The van der Waals surface area contributed by atoms with Crippen molar-refractivity contribution in [3.8, 4) is 0 Å². The normalized spacial score (nSPS) is 32.7. The van der Waals surface area contributed by atoms with Gasteiger partial charge in [-0.1, -0.05) is 13.0 Å². The number of fused-ring (bicyclic) bond motifs is 1. The van der Waals surface area contributed by atoms with Crippen molar-refractivity contribution in [3.05, 3.63) is 34.6 Å². The van der Waals surface area contributed by atoms with Gasteiger partial charge in [-0.3, -0.25) is 4.79 Å². The van der Waals surface area contributed by atoms with E-state index in [4.69, 9.17) is 9.47 Å². The van der Waals surface area contributed by atoms with Crippen LogP contribution in [0.25, 0.3) is 0 Å². The second-order valence-electron chi connectivity index (χ2n) is 5.55. The molecule has 19 heavy (non-hydrogen) atoms. The van der Waals surface area contributed by atoms with Crippen LogP contribution in [0.3, 0.4) is 0 Å². The number of carbonyl (C=O) groups excluding carboxylic acids is 1. The highest BCUT2D eigenvalue weighted by molar-refractivity contribution is 5.69. The predicted molar refractivity (Wildman–Crippen MR) is 72.4 cm³/mol. The van der Waals surface area contributed by atoms with Gasteiger partial charge in [0.1, 0.15) is 11.4 Å². The second kappa shape index (κ2) is 4.34. The van der Waals surface area contributed by atoms with Crippen molar-refractivity contribution in [1.82, 2.24) is 0 Å². The third-order valence-electron chi connectivity index (χ3n) is 4.43. The van der Waals surface area contributed by atoms with E-state index in [9.17, 15) is 4.79 Å². The Morgan fingerprint density at radius 3 is 3.05 bits per heavy atom. The van der Waals surface area contributed by atoms with Gasteiger partial charge in [0.15, 0.2) is 0 Å². The fraction of sp³-hybridized carbons (Fsp3) is 0.562. The van der Waals surface area contributed by atoms with Gasteiger partial charge in [-0.15, -0.1) is 0 Å². The number of ether oxygens (including phenoxy) is 2. The summed E-state index contributed by atoms with van der Waals surface area (Å²) in [6, 6.07) is 0. The van der Waals surface area contributed by atoms with Crippen molar-refractivity contribution in [2.45, 2.75) is 58.2 Å². The summed E-state index contributed by atoms with van der Waals surface area (Å²) in [4.78, 5) is 11.4. The lowest BCUT2D eigenvalue weighted by Crippen LogP contribution is -2.28.